The van der Waals surface area contributed by atoms with Gasteiger partial charge in [0, 0.05) is 6.54 Å². The number of halogens is 1. The van der Waals surface area contributed by atoms with Crippen LogP contribution in [0.25, 0.3) is 0 Å². The minimum Gasteiger partial charge on any atom is -0.352 e. The van der Waals surface area contributed by atoms with Gasteiger partial charge < -0.3 is 11.1 Å². The molecule has 1 rings (SSSR count). The molecule has 1 aromatic rings. The molecule has 0 aliphatic rings. The van der Waals surface area contributed by atoms with Crippen LogP contribution >= 0.6 is 12.4 Å². The Hall–Kier alpha value is -1.31. The van der Waals surface area contributed by atoms with Crippen LogP contribution in [0.2, 0.25) is 0 Å². The number of nitrogens with two attached hydrogens (primary N) is 1. The maximum Gasteiger partial charge on any atom is 0.253 e. The van der Waals surface area contributed by atoms with Crippen LogP contribution in [0.5, 0.6) is 0 Å². The van der Waals surface area contributed by atoms with Gasteiger partial charge in [-0.25, -0.2) is 8.42 Å². The maximum absolute atomic E-state index is 12.0. The van der Waals surface area contributed by atoms with Gasteiger partial charge in [-0.3, -0.25) is 9.52 Å². The molecule has 21 heavy (non-hydrogen) atoms. The fraction of sp³-hybridized carbons (Fsp3) is 0.462. The van der Waals surface area contributed by atoms with E-state index in [4.69, 9.17) is 5.73 Å². The molecule has 0 unspecified atom stereocenters. The topological polar surface area (TPSA) is 101 Å². The van der Waals surface area contributed by atoms with Crippen molar-refractivity contribution in [2.24, 2.45) is 5.73 Å². The van der Waals surface area contributed by atoms with Crippen LogP contribution < -0.4 is 15.8 Å². The van der Waals surface area contributed by atoms with Crippen LogP contribution in [0.15, 0.2) is 24.3 Å². The van der Waals surface area contributed by atoms with Crippen molar-refractivity contribution < 1.29 is 13.2 Å². The van der Waals surface area contributed by atoms with E-state index in [1.807, 2.05) is 0 Å². The average molecular weight is 336 g/mol. The van der Waals surface area contributed by atoms with Gasteiger partial charge >= 0.3 is 0 Å². The molecule has 0 radical (unpaired) electrons. The van der Waals surface area contributed by atoms with Gasteiger partial charge in [0.25, 0.3) is 5.91 Å². The number of sulfonamides is 1. The normalized spacial score (nSPS) is 10.6. The zero-order valence-electron chi connectivity index (χ0n) is 12.0. The molecule has 4 N–H and O–H groups in total. The summed E-state index contributed by atoms with van der Waals surface area (Å²) in [5.74, 6) is -0.288. The van der Waals surface area contributed by atoms with Gasteiger partial charge in [-0.2, -0.15) is 0 Å². The van der Waals surface area contributed by atoms with Crippen molar-refractivity contribution in [3.63, 3.8) is 0 Å². The number of nitrogens with one attached hydrogen (secondary N) is 2. The van der Waals surface area contributed by atoms with Crippen LogP contribution in [0, 0.1) is 0 Å². The Bertz CT molecular complexity index is 549. The van der Waals surface area contributed by atoms with E-state index in [1.54, 1.807) is 31.2 Å². The molecule has 0 saturated heterocycles. The second kappa shape index (κ2) is 9.59. The number of amides is 1. The number of carbonyl (C=O) groups excluding carboxylic acids is 1. The number of rotatable bonds is 8. The molecule has 1 aromatic carbocycles. The summed E-state index contributed by atoms with van der Waals surface area (Å²) in [5, 5.41) is 2.70. The zero-order chi connectivity index (χ0) is 15.0. The predicted molar refractivity (Wildman–Crippen MR) is 87.4 cm³/mol. The molecule has 0 bridgehead atoms. The van der Waals surface area contributed by atoms with Crippen LogP contribution in [0.4, 0.5) is 5.69 Å². The highest BCUT2D eigenvalue weighted by molar-refractivity contribution is 7.92. The Balaban J connectivity index is 0.00000400. The first-order valence-electron chi connectivity index (χ1n) is 6.58. The van der Waals surface area contributed by atoms with Gasteiger partial charge in [-0.1, -0.05) is 19.1 Å². The summed E-state index contributed by atoms with van der Waals surface area (Å²) in [6.07, 6.45) is 1.19. The lowest BCUT2D eigenvalue weighted by atomic mass is 10.1. The summed E-state index contributed by atoms with van der Waals surface area (Å²) in [5.41, 5.74) is 5.96. The minimum atomic E-state index is -3.42. The van der Waals surface area contributed by atoms with Gasteiger partial charge in [-0.15, -0.1) is 12.4 Å². The van der Waals surface area contributed by atoms with Crippen LogP contribution in [-0.4, -0.2) is 33.2 Å². The smallest absolute Gasteiger partial charge is 0.253 e. The van der Waals surface area contributed by atoms with E-state index in [1.165, 1.54) is 0 Å². The van der Waals surface area contributed by atoms with E-state index in [0.717, 1.165) is 0 Å². The van der Waals surface area contributed by atoms with Gasteiger partial charge in [0.1, 0.15) is 0 Å². The Kier molecular flexibility index (Phi) is 9.00. The lowest BCUT2D eigenvalue weighted by Gasteiger charge is -2.12. The summed E-state index contributed by atoms with van der Waals surface area (Å²) < 4.78 is 26.0. The maximum atomic E-state index is 12.0. The first-order chi connectivity index (χ1) is 9.50. The van der Waals surface area contributed by atoms with Crippen LogP contribution in [0.3, 0.4) is 0 Å². The average Bonchev–Trinajstić information content (AvgIpc) is 2.39. The van der Waals surface area contributed by atoms with E-state index in [-0.39, 0.29) is 24.1 Å². The number of hydrogen-bond acceptors (Lipinski definition) is 4. The third-order valence-electron chi connectivity index (χ3n) is 2.58. The Labute approximate surface area is 132 Å². The number of benzene rings is 1. The monoisotopic (exact) mass is 335 g/mol. The van der Waals surface area contributed by atoms with Crippen molar-refractivity contribution in [2.75, 3.05) is 23.6 Å². The van der Waals surface area contributed by atoms with Crippen LogP contribution in [-0.2, 0) is 10.0 Å². The standard InChI is InChI=1S/C13H21N3O3S.ClH/c1-2-10-20(18,19)16-12-7-4-3-6-11(12)13(17)15-9-5-8-14;/h3-4,6-7,16H,2,5,8-10,14H2,1H3,(H,15,17);1H. The van der Waals surface area contributed by atoms with Crippen LogP contribution in [0.1, 0.15) is 30.1 Å². The van der Waals surface area contributed by atoms with Crippen molar-refractivity contribution in [1.29, 1.82) is 0 Å². The summed E-state index contributed by atoms with van der Waals surface area (Å²) in [6.45, 7) is 2.74. The zero-order valence-corrected chi connectivity index (χ0v) is 13.6. The lowest BCUT2D eigenvalue weighted by Crippen LogP contribution is -2.27. The number of para-hydroxylation sites is 1. The molecular weight excluding hydrogens is 314 g/mol. The highest BCUT2D eigenvalue weighted by Gasteiger charge is 2.15. The third-order valence-corrected chi connectivity index (χ3v) is 4.05. The summed E-state index contributed by atoms with van der Waals surface area (Å²) >= 11 is 0. The Morgan fingerprint density at radius 1 is 1.29 bits per heavy atom. The molecule has 0 aromatic heterocycles. The second-order valence-corrected chi connectivity index (χ2v) is 6.21. The molecular formula is C13H22ClN3O3S. The number of anilines is 1. The largest absolute Gasteiger partial charge is 0.352 e. The van der Waals surface area contributed by atoms with E-state index < -0.39 is 10.0 Å². The van der Waals surface area contributed by atoms with Gasteiger partial charge in [-0.05, 0) is 31.5 Å². The molecule has 1 amide bonds. The van der Waals surface area contributed by atoms with E-state index in [9.17, 15) is 13.2 Å². The molecule has 8 heteroatoms. The van der Waals surface area contributed by atoms with Crippen molar-refractivity contribution >= 4 is 34.0 Å². The first-order valence-corrected chi connectivity index (χ1v) is 8.23. The summed E-state index contributed by atoms with van der Waals surface area (Å²) in [6, 6.07) is 6.53. The van der Waals surface area contributed by atoms with E-state index in [0.29, 0.717) is 37.2 Å². The van der Waals surface area contributed by atoms with E-state index in [2.05, 4.69) is 10.0 Å². The summed E-state index contributed by atoms with van der Waals surface area (Å²) in [7, 11) is -3.42. The quantitative estimate of drug-likeness (QED) is 0.624. The SMILES string of the molecule is CCCS(=O)(=O)Nc1ccccc1C(=O)NCCCN.Cl. The molecule has 120 valence electrons. The third kappa shape index (κ3) is 6.79. The van der Waals surface area contributed by atoms with Crippen molar-refractivity contribution in [1.82, 2.24) is 5.32 Å². The van der Waals surface area contributed by atoms with Gasteiger partial charge in [0.15, 0.2) is 0 Å². The molecule has 0 saturated carbocycles. The molecule has 0 aliphatic carbocycles. The number of hydrogen-bond donors (Lipinski definition) is 3. The molecule has 0 spiro atoms. The van der Waals surface area contributed by atoms with Gasteiger partial charge in [0.2, 0.25) is 10.0 Å². The second-order valence-electron chi connectivity index (χ2n) is 4.36. The Morgan fingerprint density at radius 2 is 1.95 bits per heavy atom. The predicted octanol–water partition coefficient (Wildman–Crippen LogP) is 1.34. The number of carbonyl (C=O) groups is 1. The first kappa shape index (κ1) is 19.7. The van der Waals surface area contributed by atoms with Crippen molar-refractivity contribution in [3.8, 4) is 0 Å². The molecule has 0 fully saturated rings. The fourth-order valence-corrected chi connectivity index (χ4v) is 2.81. The van der Waals surface area contributed by atoms with Gasteiger partial charge in [0.05, 0.1) is 17.0 Å². The van der Waals surface area contributed by atoms with E-state index >= 15 is 0 Å². The highest BCUT2D eigenvalue weighted by Crippen LogP contribution is 2.16. The lowest BCUT2D eigenvalue weighted by molar-refractivity contribution is 0.0954. The minimum absolute atomic E-state index is 0. The molecule has 6 nitrogen and oxygen atoms in total. The molecule has 0 aliphatic heterocycles. The summed E-state index contributed by atoms with van der Waals surface area (Å²) in [4.78, 5) is 12.0. The highest BCUT2D eigenvalue weighted by atomic mass is 35.5. The Morgan fingerprint density at radius 3 is 2.57 bits per heavy atom. The van der Waals surface area contributed by atoms with Crippen molar-refractivity contribution in [2.45, 2.75) is 19.8 Å². The van der Waals surface area contributed by atoms with Crippen molar-refractivity contribution in [3.05, 3.63) is 29.8 Å². The fourth-order valence-electron chi connectivity index (χ4n) is 1.66. The molecule has 0 heterocycles. The molecule has 0 atom stereocenters.